The highest BCUT2D eigenvalue weighted by Gasteiger charge is 2.45. The Hall–Kier alpha value is -0.570. The van der Waals surface area contributed by atoms with Crippen molar-refractivity contribution in [3.63, 3.8) is 0 Å². The molecule has 0 radical (unpaired) electrons. The van der Waals surface area contributed by atoms with Gasteiger partial charge in [-0.1, -0.05) is 20.8 Å². The summed E-state index contributed by atoms with van der Waals surface area (Å²) in [4.78, 5) is 10.8. The molecule has 1 aliphatic carbocycles. The van der Waals surface area contributed by atoms with Crippen molar-refractivity contribution < 1.29 is 9.90 Å². The maximum Gasteiger partial charge on any atom is 0.320 e. The fourth-order valence-corrected chi connectivity index (χ4v) is 1.85. The molecule has 0 spiro atoms. The van der Waals surface area contributed by atoms with E-state index < -0.39 is 5.97 Å². The lowest BCUT2D eigenvalue weighted by Crippen LogP contribution is -2.40. The second kappa shape index (κ2) is 4.30. The normalized spacial score (nSPS) is 20.9. The molecule has 2 N–H and O–H groups in total. The number of carbonyl (C=O) groups is 1. The third-order valence-electron chi connectivity index (χ3n) is 3.52. The molecule has 82 valence electrons. The van der Waals surface area contributed by atoms with E-state index in [0.717, 1.165) is 6.54 Å². The second-order valence-electron chi connectivity index (χ2n) is 4.70. The number of carboxylic acid groups (broad SMARTS) is 1. The summed E-state index contributed by atoms with van der Waals surface area (Å²) < 4.78 is 0. The molecule has 1 aliphatic rings. The average Bonchev–Trinajstić information content (AvgIpc) is 2.85. The van der Waals surface area contributed by atoms with E-state index in [1.807, 2.05) is 6.92 Å². The van der Waals surface area contributed by atoms with Gasteiger partial charge in [-0.3, -0.25) is 4.79 Å². The van der Waals surface area contributed by atoms with Crippen LogP contribution >= 0.6 is 0 Å². The number of nitrogens with one attached hydrogen (secondary N) is 1. The average molecular weight is 199 g/mol. The van der Waals surface area contributed by atoms with Crippen LogP contribution in [0.1, 0.15) is 40.0 Å². The van der Waals surface area contributed by atoms with Gasteiger partial charge < -0.3 is 10.4 Å². The quantitative estimate of drug-likeness (QED) is 0.686. The van der Waals surface area contributed by atoms with Gasteiger partial charge in [-0.15, -0.1) is 0 Å². The molecule has 1 atom stereocenters. The van der Waals surface area contributed by atoms with Crippen LogP contribution in [0, 0.1) is 11.3 Å². The lowest BCUT2D eigenvalue weighted by Gasteiger charge is -2.22. The zero-order valence-electron chi connectivity index (χ0n) is 9.34. The van der Waals surface area contributed by atoms with Gasteiger partial charge in [0.2, 0.25) is 0 Å². The highest BCUT2D eigenvalue weighted by molar-refractivity contribution is 5.73. The van der Waals surface area contributed by atoms with E-state index in [9.17, 15) is 4.79 Å². The highest BCUT2D eigenvalue weighted by Crippen LogP contribution is 2.51. The smallest absolute Gasteiger partial charge is 0.320 e. The molecule has 1 rings (SSSR count). The van der Waals surface area contributed by atoms with Gasteiger partial charge in [-0.05, 0) is 30.6 Å². The molecule has 0 aromatic rings. The van der Waals surface area contributed by atoms with Crippen molar-refractivity contribution in [2.75, 3.05) is 6.54 Å². The molecule has 3 heteroatoms. The van der Waals surface area contributed by atoms with Crippen molar-refractivity contribution in [1.82, 2.24) is 5.32 Å². The summed E-state index contributed by atoms with van der Waals surface area (Å²) in [6.45, 7) is 7.20. The summed E-state index contributed by atoms with van der Waals surface area (Å²) in [5.41, 5.74) is 0.392. The molecule has 0 bridgehead atoms. The number of carboxylic acids is 1. The van der Waals surface area contributed by atoms with Crippen molar-refractivity contribution in [2.45, 2.75) is 46.1 Å². The second-order valence-corrected chi connectivity index (χ2v) is 4.70. The summed E-state index contributed by atoms with van der Waals surface area (Å²) in [6, 6.07) is -0.369. The van der Waals surface area contributed by atoms with Gasteiger partial charge in [0.1, 0.15) is 6.04 Å². The van der Waals surface area contributed by atoms with Crippen molar-refractivity contribution >= 4 is 5.97 Å². The Bertz CT molecular complexity index is 209. The third kappa shape index (κ3) is 2.47. The first-order valence-electron chi connectivity index (χ1n) is 5.48. The Morgan fingerprint density at radius 1 is 1.50 bits per heavy atom. The van der Waals surface area contributed by atoms with Gasteiger partial charge in [0.05, 0.1) is 0 Å². The SMILES string of the molecule is CCC(NCC1(C(C)C)CC1)C(=O)O. The van der Waals surface area contributed by atoms with Crippen molar-refractivity contribution in [3.8, 4) is 0 Å². The van der Waals surface area contributed by atoms with Crippen LogP contribution in [0.5, 0.6) is 0 Å². The maximum atomic E-state index is 10.8. The molecule has 0 saturated heterocycles. The van der Waals surface area contributed by atoms with Gasteiger partial charge in [-0.2, -0.15) is 0 Å². The standard InChI is InChI=1S/C11H21NO2/c1-4-9(10(13)14)12-7-11(5-6-11)8(2)3/h8-9,12H,4-7H2,1-3H3,(H,13,14). The van der Waals surface area contributed by atoms with Crippen LogP contribution < -0.4 is 5.32 Å². The minimum atomic E-state index is -0.730. The van der Waals surface area contributed by atoms with Gasteiger partial charge in [-0.25, -0.2) is 0 Å². The fourth-order valence-electron chi connectivity index (χ4n) is 1.85. The molecule has 0 aromatic heterocycles. The molecule has 0 aliphatic heterocycles. The van der Waals surface area contributed by atoms with Crippen LogP contribution in [0.25, 0.3) is 0 Å². The summed E-state index contributed by atoms with van der Waals surface area (Å²) in [6.07, 6.45) is 3.14. The lowest BCUT2D eigenvalue weighted by molar-refractivity contribution is -0.139. The molecule has 1 saturated carbocycles. The van der Waals surface area contributed by atoms with Crippen LogP contribution in [0.15, 0.2) is 0 Å². The predicted molar refractivity (Wildman–Crippen MR) is 56.2 cm³/mol. The Kier molecular flexibility index (Phi) is 3.53. The summed E-state index contributed by atoms with van der Waals surface area (Å²) in [7, 11) is 0. The van der Waals surface area contributed by atoms with Crippen molar-refractivity contribution in [3.05, 3.63) is 0 Å². The summed E-state index contributed by atoms with van der Waals surface area (Å²) >= 11 is 0. The van der Waals surface area contributed by atoms with E-state index in [1.54, 1.807) is 0 Å². The number of aliphatic carboxylic acids is 1. The van der Waals surface area contributed by atoms with Gasteiger partial charge in [0.25, 0.3) is 0 Å². The number of hydrogen-bond donors (Lipinski definition) is 2. The van der Waals surface area contributed by atoms with Crippen LogP contribution in [0.4, 0.5) is 0 Å². The zero-order chi connectivity index (χ0) is 10.8. The largest absolute Gasteiger partial charge is 0.480 e. The maximum absolute atomic E-state index is 10.8. The Morgan fingerprint density at radius 2 is 2.07 bits per heavy atom. The minimum absolute atomic E-state index is 0.369. The van der Waals surface area contributed by atoms with Crippen LogP contribution in [0.2, 0.25) is 0 Å². The Labute approximate surface area is 85.9 Å². The first kappa shape index (κ1) is 11.5. The van der Waals surface area contributed by atoms with E-state index >= 15 is 0 Å². The first-order valence-corrected chi connectivity index (χ1v) is 5.48. The fraction of sp³-hybridized carbons (Fsp3) is 0.909. The molecule has 0 heterocycles. The van der Waals surface area contributed by atoms with E-state index in [1.165, 1.54) is 12.8 Å². The zero-order valence-corrected chi connectivity index (χ0v) is 9.34. The predicted octanol–water partition coefficient (Wildman–Crippen LogP) is 1.88. The molecular formula is C11H21NO2. The van der Waals surface area contributed by atoms with Crippen molar-refractivity contribution in [1.29, 1.82) is 0 Å². The highest BCUT2D eigenvalue weighted by atomic mass is 16.4. The molecule has 14 heavy (non-hydrogen) atoms. The Balaban J connectivity index is 2.36. The molecule has 3 nitrogen and oxygen atoms in total. The topological polar surface area (TPSA) is 49.3 Å². The summed E-state index contributed by atoms with van der Waals surface area (Å²) in [5.74, 6) is -0.0756. The molecule has 1 fully saturated rings. The van der Waals surface area contributed by atoms with Crippen molar-refractivity contribution in [2.24, 2.45) is 11.3 Å². The van der Waals surface area contributed by atoms with E-state index in [2.05, 4.69) is 19.2 Å². The van der Waals surface area contributed by atoms with E-state index in [4.69, 9.17) is 5.11 Å². The molecule has 0 aromatic carbocycles. The van der Waals surface area contributed by atoms with Gasteiger partial charge in [0.15, 0.2) is 0 Å². The lowest BCUT2D eigenvalue weighted by atomic mass is 9.92. The van der Waals surface area contributed by atoms with E-state index in [0.29, 0.717) is 17.8 Å². The Morgan fingerprint density at radius 3 is 2.36 bits per heavy atom. The van der Waals surface area contributed by atoms with Gasteiger partial charge >= 0.3 is 5.97 Å². The monoisotopic (exact) mass is 199 g/mol. The molecule has 0 amide bonds. The van der Waals surface area contributed by atoms with Crippen LogP contribution in [0.3, 0.4) is 0 Å². The third-order valence-corrected chi connectivity index (χ3v) is 3.52. The number of hydrogen-bond acceptors (Lipinski definition) is 2. The molecule has 1 unspecified atom stereocenters. The van der Waals surface area contributed by atoms with E-state index in [-0.39, 0.29) is 6.04 Å². The van der Waals surface area contributed by atoms with Crippen LogP contribution in [-0.2, 0) is 4.79 Å². The summed E-state index contributed by atoms with van der Waals surface area (Å²) in [5, 5.41) is 12.0. The minimum Gasteiger partial charge on any atom is -0.480 e. The molecular weight excluding hydrogens is 178 g/mol. The number of rotatable bonds is 6. The van der Waals surface area contributed by atoms with Gasteiger partial charge in [0, 0.05) is 6.54 Å². The van der Waals surface area contributed by atoms with Crippen LogP contribution in [-0.4, -0.2) is 23.7 Å². The first-order chi connectivity index (χ1) is 6.52.